The Kier molecular flexibility index (Phi) is 5.26. The molecule has 1 amide bonds. The fourth-order valence-electron chi connectivity index (χ4n) is 2.09. The van der Waals surface area contributed by atoms with Crippen LogP contribution in [0.1, 0.15) is 27.2 Å². The largest absolute Gasteiger partial charge is 0.493 e. The van der Waals surface area contributed by atoms with E-state index in [1.54, 1.807) is 6.20 Å². The molecule has 23 heavy (non-hydrogen) atoms. The number of anilines is 1. The first-order chi connectivity index (χ1) is 10.9. The Morgan fingerprint density at radius 1 is 1.26 bits per heavy atom. The van der Waals surface area contributed by atoms with Crippen LogP contribution < -0.4 is 15.8 Å². The van der Waals surface area contributed by atoms with Crippen LogP contribution in [0.3, 0.4) is 0 Å². The smallest absolute Gasteiger partial charge is 0.407 e. The van der Waals surface area contributed by atoms with Crippen LogP contribution in [-0.4, -0.2) is 29.8 Å². The van der Waals surface area contributed by atoms with Crippen molar-refractivity contribution in [3.05, 3.63) is 30.5 Å². The van der Waals surface area contributed by atoms with Crippen molar-refractivity contribution < 1.29 is 14.3 Å². The number of benzene rings is 1. The number of carbonyl (C=O) groups is 1. The van der Waals surface area contributed by atoms with Crippen molar-refractivity contribution in [2.45, 2.75) is 32.8 Å². The summed E-state index contributed by atoms with van der Waals surface area (Å²) in [5.41, 5.74) is 5.37. The van der Waals surface area contributed by atoms with E-state index in [0.717, 1.165) is 16.5 Å². The highest BCUT2D eigenvalue weighted by Crippen LogP contribution is 2.27. The van der Waals surface area contributed by atoms with Crippen molar-refractivity contribution in [1.29, 1.82) is 0 Å². The molecule has 0 bridgehead atoms. The predicted octanol–water partition coefficient (Wildman–Crippen LogP) is 3.11. The van der Waals surface area contributed by atoms with Gasteiger partial charge in [-0.25, -0.2) is 9.78 Å². The van der Waals surface area contributed by atoms with Gasteiger partial charge in [0.2, 0.25) is 0 Å². The SMILES string of the molecule is CC(C)(C)OC(=O)NCCCOc1cccc2c(N)nccc12. The molecule has 0 radical (unpaired) electrons. The highest BCUT2D eigenvalue weighted by Gasteiger charge is 2.15. The van der Waals surface area contributed by atoms with Gasteiger partial charge in [0.05, 0.1) is 6.61 Å². The van der Waals surface area contributed by atoms with E-state index in [1.165, 1.54) is 0 Å². The molecule has 2 aromatic rings. The summed E-state index contributed by atoms with van der Waals surface area (Å²) in [5, 5.41) is 4.50. The van der Waals surface area contributed by atoms with Crippen LogP contribution >= 0.6 is 0 Å². The summed E-state index contributed by atoms with van der Waals surface area (Å²) in [6.45, 7) is 6.46. The average molecular weight is 317 g/mol. The molecule has 0 spiro atoms. The summed E-state index contributed by atoms with van der Waals surface area (Å²) in [4.78, 5) is 15.6. The van der Waals surface area contributed by atoms with Crippen LogP contribution in [-0.2, 0) is 4.74 Å². The first-order valence-electron chi connectivity index (χ1n) is 7.60. The molecule has 6 nitrogen and oxygen atoms in total. The van der Waals surface area contributed by atoms with Gasteiger partial charge in [-0.2, -0.15) is 0 Å². The second-order valence-corrected chi connectivity index (χ2v) is 6.18. The zero-order valence-electron chi connectivity index (χ0n) is 13.8. The molecule has 3 N–H and O–H groups in total. The number of hydrogen-bond acceptors (Lipinski definition) is 5. The van der Waals surface area contributed by atoms with E-state index < -0.39 is 11.7 Å². The number of nitrogens with two attached hydrogens (primary N) is 1. The van der Waals surface area contributed by atoms with E-state index in [2.05, 4.69) is 10.3 Å². The minimum absolute atomic E-state index is 0.415. The lowest BCUT2D eigenvalue weighted by molar-refractivity contribution is 0.0525. The number of amides is 1. The molecular weight excluding hydrogens is 294 g/mol. The molecule has 1 aromatic carbocycles. The van der Waals surface area contributed by atoms with E-state index in [4.69, 9.17) is 15.2 Å². The third-order valence-electron chi connectivity index (χ3n) is 3.04. The van der Waals surface area contributed by atoms with Crippen LogP contribution in [0.15, 0.2) is 30.5 Å². The summed E-state index contributed by atoms with van der Waals surface area (Å²) in [5.74, 6) is 1.24. The number of carbonyl (C=O) groups excluding carboxylic acids is 1. The van der Waals surface area contributed by atoms with Gasteiger partial charge in [0, 0.05) is 23.5 Å². The van der Waals surface area contributed by atoms with Gasteiger partial charge < -0.3 is 20.5 Å². The number of nitrogens with one attached hydrogen (secondary N) is 1. The molecule has 0 saturated heterocycles. The predicted molar refractivity (Wildman–Crippen MR) is 90.5 cm³/mol. The van der Waals surface area contributed by atoms with Gasteiger partial charge in [-0.05, 0) is 39.3 Å². The van der Waals surface area contributed by atoms with Gasteiger partial charge in [-0.1, -0.05) is 12.1 Å². The molecule has 0 atom stereocenters. The number of hydrogen-bond donors (Lipinski definition) is 2. The molecule has 0 unspecified atom stereocenters. The molecule has 0 aliphatic rings. The van der Waals surface area contributed by atoms with Crippen LogP contribution in [0.2, 0.25) is 0 Å². The second kappa shape index (κ2) is 7.17. The number of rotatable bonds is 5. The highest BCUT2D eigenvalue weighted by molar-refractivity contribution is 5.94. The Labute approximate surface area is 136 Å². The number of nitrogens with zero attached hydrogens (tertiary/aromatic N) is 1. The Bertz CT molecular complexity index is 680. The van der Waals surface area contributed by atoms with E-state index in [-0.39, 0.29) is 0 Å². The quantitative estimate of drug-likeness (QED) is 0.827. The van der Waals surface area contributed by atoms with Crippen LogP contribution in [0, 0.1) is 0 Å². The molecule has 2 rings (SSSR count). The summed E-state index contributed by atoms with van der Waals surface area (Å²) >= 11 is 0. The van der Waals surface area contributed by atoms with Crippen molar-refractivity contribution in [2.75, 3.05) is 18.9 Å². The lowest BCUT2D eigenvalue weighted by Gasteiger charge is -2.19. The molecule has 6 heteroatoms. The Hall–Kier alpha value is -2.50. The summed E-state index contributed by atoms with van der Waals surface area (Å²) in [6.07, 6.45) is 1.92. The van der Waals surface area contributed by atoms with Crippen LogP contribution in [0.5, 0.6) is 5.75 Å². The zero-order valence-corrected chi connectivity index (χ0v) is 13.8. The maximum Gasteiger partial charge on any atom is 0.407 e. The molecule has 0 aliphatic carbocycles. The summed E-state index contributed by atoms with van der Waals surface area (Å²) in [7, 11) is 0. The molecule has 0 saturated carbocycles. The Balaban J connectivity index is 1.81. The van der Waals surface area contributed by atoms with E-state index in [1.807, 2.05) is 45.0 Å². The Morgan fingerprint density at radius 3 is 2.78 bits per heavy atom. The zero-order chi connectivity index (χ0) is 16.9. The lowest BCUT2D eigenvalue weighted by atomic mass is 10.1. The van der Waals surface area contributed by atoms with E-state index in [9.17, 15) is 4.79 Å². The molecule has 1 heterocycles. The first kappa shape index (κ1) is 16.9. The molecule has 124 valence electrons. The van der Waals surface area contributed by atoms with E-state index in [0.29, 0.717) is 25.4 Å². The second-order valence-electron chi connectivity index (χ2n) is 6.18. The minimum Gasteiger partial charge on any atom is -0.493 e. The lowest BCUT2D eigenvalue weighted by Crippen LogP contribution is -2.33. The van der Waals surface area contributed by atoms with Crippen LogP contribution in [0.4, 0.5) is 10.6 Å². The number of ether oxygens (including phenoxy) is 2. The van der Waals surface area contributed by atoms with Gasteiger partial charge in [-0.3, -0.25) is 0 Å². The summed E-state index contributed by atoms with van der Waals surface area (Å²) < 4.78 is 10.9. The van der Waals surface area contributed by atoms with Crippen molar-refractivity contribution in [3.63, 3.8) is 0 Å². The van der Waals surface area contributed by atoms with Gasteiger partial charge in [0.25, 0.3) is 0 Å². The van der Waals surface area contributed by atoms with Crippen LogP contribution in [0.25, 0.3) is 10.8 Å². The Morgan fingerprint density at radius 2 is 2.04 bits per heavy atom. The van der Waals surface area contributed by atoms with Crippen molar-refractivity contribution in [3.8, 4) is 5.75 Å². The van der Waals surface area contributed by atoms with Crippen molar-refractivity contribution in [1.82, 2.24) is 10.3 Å². The molecule has 0 aliphatic heterocycles. The number of fused-ring (bicyclic) bond motifs is 1. The maximum absolute atomic E-state index is 11.5. The minimum atomic E-state index is -0.489. The average Bonchev–Trinajstić information content (AvgIpc) is 2.46. The maximum atomic E-state index is 11.5. The fraction of sp³-hybridized carbons (Fsp3) is 0.412. The topological polar surface area (TPSA) is 86.5 Å². The molecular formula is C17H23N3O3. The van der Waals surface area contributed by atoms with Crippen molar-refractivity contribution >= 4 is 22.7 Å². The normalized spacial score (nSPS) is 11.3. The number of alkyl carbamates (subject to hydrolysis) is 1. The van der Waals surface area contributed by atoms with Gasteiger partial charge >= 0.3 is 6.09 Å². The van der Waals surface area contributed by atoms with Gasteiger partial charge in [0.1, 0.15) is 17.2 Å². The number of pyridine rings is 1. The monoisotopic (exact) mass is 317 g/mol. The van der Waals surface area contributed by atoms with E-state index >= 15 is 0 Å². The van der Waals surface area contributed by atoms with Gasteiger partial charge in [-0.15, -0.1) is 0 Å². The van der Waals surface area contributed by atoms with Crippen molar-refractivity contribution in [2.24, 2.45) is 0 Å². The molecule has 1 aromatic heterocycles. The highest BCUT2D eigenvalue weighted by atomic mass is 16.6. The summed E-state index contributed by atoms with van der Waals surface area (Å²) in [6, 6.07) is 7.56. The third kappa shape index (κ3) is 5.02. The number of nitrogen functional groups attached to an aromatic ring is 1. The van der Waals surface area contributed by atoms with Gasteiger partial charge in [0.15, 0.2) is 0 Å². The third-order valence-corrected chi connectivity index (χ3v) is 3.04. The fourth-order valence-corrected chi connectivity index (χ4v) is 2.09. The first-order valence-corrected chi connectivity index (χ1v) is 7.60. The number of aromatic nitrogens is 1. The molecule has 0 fully saturated rings. The standard InChI is InChI=1S/C17H23N3O3/c1-17(2,3)23-16(21)20-9-5-11-22-14-7-4-6-13-12(14)8-10-19-15(13)18/h4,6-8,10H,5,9,11H2,1-3H3,(H2,18,19)(H,20,21).